The van der Waals surface area contributed by atoms with E-state index in [2.05, 4.69) is 10.6 Å². The van der Waals surface area contributed by atoms with Crippen LogP contribution in [0.4, 0.5) is 0 Å². The van der Waals surface area contributed by atoms with Gasteiger partial charge in [0.2, 0.25) is 5.91 Å². The lowest BCUT2D eigenvalue weighted by molar-refractivity contribution is -0.120. The molecule has 1 aromatic rings. The molecule has 5 heteroatoms. The van der Waals surface area contributed by atoms with Gasteiger partial charge in [0.05, 0.1) is 4.88 Å². The van der Waals surface area contributed by atoms with Gasteiger partial charge in [-0.2, -0.15) is 0 Å². The normalized spacial score (nSPS) is 14.4. The average Bonchev–Trinajstić information content (AvgIpc) is 2.70. The zero-order chi connectivity index (χ0) is 13.7. The van der Waals surface area contributed by atoms with Crippen LogP contribution in [0.5, 0.6) is 0 Å². The van der Waals surface area contributed by atoms with Gasteiger partial charge < -0.3 is 10.6 Å². The van der Waals surface area contributed by atoms with Crippen LogP contribution in [0.25, 0.3) is 0 Å². The molecule has 0 atom stereocenters. The van der Waals surface area contributed by atoms with Gasteiger partial charge in [0.1, 0.15) is 0 Å². The predicted octanol–water partition coefficient (Wildman–Crippen LogP) is 1.88. The van der Waals surface area contributed by atoms with E-state index >= 15 is 0 Å². The molecule has 0 radical (unpaired) electrons. The molecule has 0 bridgehead atoms. The van der Waals surface area contributed by atoms with Crippen LogP contribution in [0.1, 0.15) is 45.8 Å². The highest BCUT2D eigenvalue weighted by molar-refractivity contribution is 7.14. The molecule has 1 aromatic heterocycles. The third kappa shape index (κ3) is 3.80. The van der Waals surface area contributed by atoms with Gasteiger partial charge in [0.25, 0.3) is 5.91 Å². The molecule has 19 heavy (non-hydrogen) atoms. The molecule has 0 saturated carbocycles. The minimum atomic E-state index is -0.0537. The molecular weight excluding hydrogens is 260 g/mol. The van der Waals surface area contributed by atoms with Crippen LogP contribution in [0.2, 0.25) is 0 Å². The standard InChI is InChI=1S/C14H20N2O2S/c1-15-13(17)7-8-16-14(18)12-9-10-5-3-2-4-6-11(10)19-12/h9H,2-8H2,1H3,(H,15,17)(H,16,18). The highest BCUT2D eigenvalue weighted by atomic mass is 32.1. The van der Waals surface area contributed by atoms with E-state index in [1.54, 1.807) is 18.4 Å². The maximum absolute atomic E-state index is 12.0. The first-order valence-corrected chi connectivity index (χ1v) is 7.62. The number of nitrogens with one attached hydrogen (secondary N) is 2. The lowest BCUT2D eigenvalue weighted by atomic mass is 10.1. The summed E-state index contributed by atoms with van der Waals surface area (Å²) in [6, 6.07) is 2.03. The number of thiophene rings is 1. The lowest BCUT2D eigenvalue weighted by Crippen LogP contribution is -2.28. The van der Waals surface area contributed by atoms with Crippen molar-refractivity contribution in [1.82, 2.24) is 10.6 Å². The van der Waals surface area contributed by atoms with Crippen molar-refractivity contribution in [2.24, 2.45) is 0 Å². The fraction of sp³-hybridized carbons (Fsp3) is 0.571. The number of aryl methyl sites for hydroxylation is 2. The van der Waals surface area contributed by atoms with Gasteiger partial charge in [0.15, 0.2) is 0 Å². The summed E-state index contributed by atoms with van der Waals surface area (Å²) in [6.45, 7) is 0.390. The van der Waals surface area contributed by atoms with E-state index in [0.29, 0.717) is 13.0 Å². The van der Waals surface area contributed by atoms with Gasteiger partial charge in [-0.15, -0.1) is 11.3 Å². The topological polar surface area (TPSA) is 58.2 Å². The molecule has 0 fully saturated rings. The molecule has 0 aromatic carbocycles. The van der Waals surface area contributed by atoms with E-state index in [0.717, 1.165) is 17.7 Å². The van der Waals surface area contributed by atoms with Crippen molar-refractivity contribution >= 4 is 23.2 Å². The van der Waals surface area contributed by atoms with Crippen molar-refractivity contribution in [3.05, 3.63) is 21.4 Å². The second kappa shape index (κ2) is 6.70. The fourth-order valence-electron chi connectivity index (χ4n) is 2.28. The van der Waals surface area contributed by atoms with Gasteiger partial charge >= 0.3 is 0 Å². The summed E-state index contributed by atoms with van der Waals surface area (Å²) in [5, 5.41) is 5.34. The Morgan fingerprint density at radius 1 is 1.26 bits per heavy atom. The highest BCUT2D eigenvalue weighted by Crippen LogP contribution is 2.28. The molecule has 2 amide bonds. The first kappa shape index (κ1) is 14.1. The monoisotopic (exact) mass is 280 g/mol. The Hall–Kier alpha value is -1.36. The second-order valence-corrected chi connectivity index (χ2v) is 5.94. The van der Waals surface area contributed by atoms with Crippen molar-refractivity contribution in [2.75, 3.05) is 13.6 Å². The Morgan fingerprint density at radius 3 is 2.84 bits per heavy atom. The van der Waals surface area contributed by atoms with E-state index in [9.17, 15) is 9.59 Å². The van der Waals surface area contributed by atoms with E-state index in [1.807, 2.05) is 6.07 Å². The van der Waals surface area contributed by atoms with Crippen molar-refractivity contribution in [1.29, 1.82) is 0 Å². The van der Waals surface area contributed by atoms with Crippen molar-refractivity contribution in [2.45, 2.75) is 38.5 Å². The van der Waals surface area contributed by atoms with Crippen LogP contribution in [0, 0.1) is 0 Å². The van der Waals surface area contributed by atoms with E-state index in [1.165, 1.54) is 29.7 Å². The zero-order valence-corrected chi connectivity index (χ0v) is 12.1. The third-order valence-corrected chi connectivity index (χ3v) is 4.62. The predicted molar refractivity (Wildman–Crippen MR) is 76.6 cm³/mol. The number of carbonyl (C=O) groups is 2. The van der Waals surface area contributed by atoms with Crippen molar-refractivity contribution in [3.8, 4) is 0 Å². The van der Waals surface area contributed by atoms with Gasteiger partial charge in [-0.3, -0.25) is 9.59 Å². The Bertz CT molecular complexity index is 445. The smallest absolute Gasteiger partial charge is 0.261 e. The number of rotatable bonds is 4. The molecule has 2 N–H and O–H groups in total. The van der Waals surface area contributed by atoms with Crippen LogP contribution in [0.15, 0.2) is 6.07 Å². The highest BCUT2D eigenvalue weighted by Gasteiger charge is 2.16. The largest absolute Gasteiger partial charge is 0.359 e. The Balaban J connectivity index is 1.91. The van der Waals surface area contributed by atoms with Gasteiger partial charge in [0, 0.05) is 24.9 Å². The molecule has 1 aliphatic rings. The molecule has 0 unspecified atom stereocenters. The average molecular weight is 280 g/mol. The van der Waals surface area contributed by atoms with Crippen LogP contribution in [-0.4, -0.2) is 25.4 Å². The lowest BCUT2D eigenvalue weighted by Gasteiger charge is -2.02. The summed E-state index contributed by atoms with van der Waals surface area (Å²) in [6.07, 6.45) is 6.26. The molecule has 0 spiro atoms. The third-order valence-electron chi connectivity index (χ3n) is 3.39. The molecule has 0 aliphatic heterocycles. The number of carbonyl (C=O) groups excluding carboxylic acids is 2. The Morgan fingerprint density at radius 2 is 2.05 bits per heavy atom. The maximum Gasteiger partial charge on any atom is 0.261 e. The summed E-state index contributed by atoms with van der Waals surface area (Å²) in [7, 11) is 1.60. The first-order chi connectivity index (χ1) is 9.20. The number of hydrogen-bond acceptors (Lipinski definition) is 3. The molecule has 4 nitrogen and oxygen atoms in total. The molecule has 104 valence electrons. The summed E-state index contributed by atoms with van der Waals surface area (Å²) >= 11 is 1.61. The first-order valence-electron chi connectivity index (χ1n) is 6.81. The van der Waals surface area contributed by atoms with E-state index < -0.39 is 0 Å². The quantitative estimate of drug-likeness (QED) is 0.827. The molecule has 0 saturated heterocycles. The van der Waals surface area contributed by atoms with Gasteiger partial charge in [-0.05, 0) is 37.3 Å². The maximum atomic E-state index is 12.0. The number of amides is 2. The molecule has 2 rings (SSSR count). The van der Waals surface area contributed by atoms with Crippen LogP contribution in [0.3, 0.4) is 0 Å². The van der Waals surface area contributed by atoms with Crippen LogP contribution in [-0.2, 0) is 17.6 Å². The number of hydrogen-bond donors (Lipinski definition) is 2. The number of fused-ring (bicyclic) bond motifs is 1. The zero-order valence-electron chi connectivity index (χ0n) is 11.3. The summed E-state index contributed by atoms with van der Waals surface area (Å²) in [5.74, 6) is -0.107. The van der Waals surface area contributed by atoms with Crippen molar-refractivity contribution < 1.29 is 9.59 Å². The Labute approximate surface area is 117 Å². The SMILES string of the molecule is CNC(=O)CCNC(=O)c1cc2c(s1)CCCCC2. The second-order valence-electron chi connectivity index (χ2n) is 4.80. The molecule has 1 heterocycles. The Kier molecular flexibility index (Phi) is 4.96. The summed E-state index contributed by atoms with van der Waals surface area (Å²) in [5.41, 5.74) is 1.35. The van der Waals surface area contributed by atoms with Gasteiger partial charge in [-0.25, -0.2) is 0 Å². The van der Waals surface area contributed by atoms with Crippen LogP contribution < -0.4 is 10.6 Å². The summed E-state index contributed by atoms with van der Waals surface area (Å²) in [4.78, 5) is 25.2. The molecule has 1 aliphatic carbocycles. The van der Waals surface area contributed by atoms with Crippen LogP contribution >= 0.6 is 11.3 Å². The van der Waals surface area contributed by atoms with E-state index in [-0.39, 0.29) is 11.8 Å². The minimum absolute atomic E-state index is 0.0535. The fourth-order valence-corrected chi connectivity index (χ4v) is 3.45. The van der Waals surface area contributed by atoms with Gasteiger partial charge in [-0.1, -0.05) is 6.42 Å². The molecular formula is C14H20N2O2S. The summed E-state index contributed by atoms with van der Waals surface area (Å²) < 4.78 is 0. The van der Waals surface area contributed by atoms with E-state index in [4.69, 9.17) is 0 Å². The van der Waals surface area contributed by atoms with Crippen molar-refractivity contribution in [3.63, 3.8) is 0 Å². The minimum Gasteiger partial charge on any atom is -0.359 e.